The van der Waals surface area contributed by atoms with Gasteiger partial charge in [0.1, 0.15) is 0 Å². The molecule has 0 aliphatic carbocycles. The van der Waals surface area contributed by atoms with Gasteiger partial charge in [-0.25, -0.2) is 0 Å². The van der Waals surface area contributed by atoms with Crippen LogP contribution in [-0.4, -0.2) is 37.0 Å². The van der Waals surface area contributed by atoms with Crippen LogP contribution in [0.15, 0.2) is 18.2 Å². The number of carbonyl (C=O) groups excluding carboxylic acids is 1. The smallest absolute Gasteiger partial charge is 0.232 e. The molecule has 1 aliphatic heterocycles. The third-order valence-electron chi connectivity index (χ3n) is 4.22. The van der Waals surface area contributed by atoms with Gasteiger partial charge in [0.05, 0.1) is 5.41 Å². The molecule has 3 nitrogen and oxygen atoms in total. The van der Waals surface area contributed by atoms with Gasteiger partial charge in [-0.3, -0.25) is 4.79 Å². The minimum atomic E-state index is -0.456. The quantitative estimate of drug-likeness (QED) is 0.898. The topological polar surface area (TPSA) is 32.3 Å². The Hall–Kier alpha value is -1.35. The summed E-state index contributed by atoms with van der Waals surface area (Å²) in [6.45, 7) is 11.9. The van der Waals surface area contributed by atoms with Crippen molar-refractivity contribution in [1.82, 2.24) is 10.2 Å². The summed E-state index contributed by atoms with van der Waals surface area (Å²) in [7, 11) is 0. The number of aryl methyl sites for hydroxylation is 2. The summed E-state index contributed by atoms with van der Waals surface area (Å²) in [6.07, 6.45) is 1.04. The Kier molecular flexibility index (Phi) is 4.48. The van der Waals surface area contributed by atoms with Gasteiger partial charge in [0, 0.05) is 19.6 Å². The summed E-state index contributed by atoms with van der Waals surface area (Å²) >= 11 is 0. The summed E-state index contributed by atoms with van der Waals surface area (Å²) in [5, 5.41) is 3.35. The average Bonchev–Trinajstić information content (AvgIpc) is 2.66. The summed E-state index contributed by atoms with van der Waals surface area (Å²) in [4.78, 5) is 14.9. The molecule has 1 heterocycles. The van der Waals surface area contributed by atoms with E-state index >= 15 is 0 Å². The van der Waals surface area contributed by atoms with Crippen molar-refractivity contribution in [1.29, 1.82) is 0 Å². The van der Waals surface area contributed by atoms with E-state index in [4.69, 9.17) is 0 Å². The molecule has 3 heteroatoms. The van der Waals surface area contributed by atoms with E-state index in [1.165, 1.54) is 11.1 Å². The van der Waals surface area contributed by atoms with Crippen molar-refractivity contribution in [2.75, 3.05) is 26.2 Å². The second kappa shape index (κ2) is 5.96. The number of amides is 1. The molecule has 20 heavy (non-hydrogen) atoms. The zero-order valence-electron chi connectivity index (χ0n) is 13.1. The van der Waals surface area contributed by atoms with E-state index in [-0.39, 0.29) is 5.91 Å². The van der Waals surface area contributed by atoms with E-state index in [0.717, 1.165) is 38.2 Å². The molecule has 0 aromatic heterocycles. The maximum absolute atomic E-state index is 12.9. The van der Waals surface area contributed by atoms with E-state index in [2.05, 4.69) is 37.4 Å². The van der Waals surface area contributed by atoms with E-state index in [0.29, 0.717) is 0 Å². The molecule has 1 aliphatic rings. The number of hydrogen-bond acceptors (Lipinski definition) is 2. The van der Waals surface area contributed by atoms with Crippen LogP contribution in [0.25, 0.3) is 0 Å². The van der Waals surface area contributed by atoms with E-state index in [1.54, 1.807) is 0 Å². The molecule has 0 unspecified atom stereocenters. The molecule has 0 spiro atoms. The predicted octanol–water partition coefficient (Wildman–Crippen LogP) is 2.40. The van der Waals surface area contributed by atoms with E-state index in [1.807, 2.05) is 18.7 Å². The Labute approximate surface area is 122 Å². The Balaban J connectivity index is 2.25. The number of hydrogen-bond donors (Lipinski definition) is 1. The molecule has 110 valence electrons. The Morgan fingerprint density at radius 1 is 1.20 bits per heavy atom. The molecule has 1 N–H and O–H groups in total. The van der Waals surface area contributed by atoms with Crippen molar-refractivity contribution >= 4 is 5.91 Å². The third-order valence-corrected chi connectivity index (χ3v) is 4.22. The lowest BCUT2D eigenvalue weighted by Crippen LogP contribution is -2.45. The standard InChI is InChI=1S/C17H26N2O/c1-13-6-7-15(14(2)12-13)17(3,4)16(20)19-10-5-8-18-9-11-19/h6-7,12,18H,5,8-11H2,1-4H3. The Bertz CT molecular complexity index is 486. The fraction of sp³-hybridized carbons (Fsp3) is 0.588. The molecule has 0 atom stereocenters. The van der Waals surface area contributed by atoms with Crippen LogP contribution in [0.5, 0.6) is 0 Å². The monoisotopic (exact) mass is 274 g/mol. The SMILES string of the molecule is Cc1ccc(C(C)(C)C(=O)N2CCCNCC2)c(C)c1. The molecular weight excluding hydrogens is 248 g/mol. The fourth-order valence-electron chi connectivity index (χ4n) is 3.07. The zero-order valence-corrected chi connectivity index (χ0v) is 13.1. The van der Waals surface area contributed by atoms with Crippen LogP contribution in [0.3, 0.4) is 0 Å². The summed E-state index contributed by atoms with van der Waals surface area (Å²) < 4.78 is 0. The summed E-state index contributed by atoms with van der Waals surface area (Å²) in [6, 6.07) is 6.37. The molecule has 1 saturated heterocycles. The molecule has 0 radical (unpaired) electrons. The Morgan fingerprint density at radius 2 is 1.95 bits per heavy atom. The zero-order chi connectivity index (χ0) is 14.8. The van der Waals surface area contributed by atoms with Gasteiger partial charge in [0.15, 0.2) is 0 Å². The average molecular weight is 274 g/mol. The summed E-state index contributed by atoms with van der Waals surface area (Å²) in [5.41, 5.74) is 3.14. The summed E-state index contributed by atoms with van der Waals surface area (Å²) in [5.74, 6) is 0.244. The van der Waals surface area contributed by atoms with Crippen molar-refractivity contribution in [2.45, 2.75) is 39.5 Å². The molecule has 0 bridgehead atoms. The number of carbonyl (C=O) groups is 1. The van der Waals surface area contributed by atoms with Crippen molar-refractivity contribution < 1.29 is 4.79 Å². The highest BCUT2D eigenvalue weighted by Crippen LogP contribution is 2.29. The second-order valence-electron chi connectivity index (χ2n) is 6.34. The molecule has 0 saturated carbocycles. The van der Waals surface area contributed by atoms with E-state index in [9.17, 15) is 4.79 Å². The van der Waals surface area contributed by atoms with Gasteiger partial charge in [0.2, 0.25) is 5.91 Å². The highest BCUT2D eigenvalue weighted by atomic mass is 16.2. The van der Waals surface area contributed by atoms with Crippen LogP contribution in [0, 0.1) is 13.8 Å². The first-order valence-electron chi connectivity index (χ1n) is 7.51. The van der Waals surface area contributed by atoms with Crippen LogP contribution >= 0.6 is 0 Å². The van der Waals surface area contributed by atoms with Gasteiger partial charge in [0.25, 0.3) is 0 Å². The van der Waals surface area contributed by atoms with Crippen LogP contribution < -0.4 is 5.32 Å². The molecule has 1 aromatic carbocycles. The van der Waals surface area contributed by atoms with Gasteiger partial charge in [-0.2, -0.15) is 0 Å². The molecule has 1 fully saturated rings. The van der Waals surface area contributed by atoms with Crippen LogP contribution in [0.4, 0.5) is 0 Å². The van der Waals surface area contributed by atoms with Gasteiger partial charge in [-0.1, -0.05) is 23.8 Å². The van der Waals surface area contributed by atoms with Crippen LogP contribution in [0.1, 0.15) is 37.0 Å². The predicted molar refractivity (Wildman–Crippen MR) is 83.0 cm³/mol. The first-order chi connectivity index (χ1) is 9.43. The second-order valence-corrected chi connectivity index (χ2v) is 6.34. The maximum atomic E-state index is 12.9. The molecular formula is C17H26N2O. The number of nitrogens with one attached hydrogen (secondary N) is 1. The van der Waals surface area contributed by atoms with Crippen molar-refractivity contribution in [2.24, 2.45) is 0 Å². The van der Waals surface area contributed by atoms with Crippen molar-refractivity contribution in [3.8, 4) is 0 Å². The van der Waals surface area contributed by atoms with Gasteiger partial charge >= 0.3 is 0 Å². The molecule has 2 rings (SSSR count). The highest BCUT2D eigenvalue weighted by Gasteiger charge is 2.34. The van der Waals surface area contributed by atoms with Gasteiger partial charge < -0.3 is 10.2 Å². The number of nitrogens with zero attached hydrogens (tertiary/aromatic N) is 1. The molecule has 1 aromatic rings. The van der Waals surface area contributed by atoms with Crippen LogP contribution in [0.2, 0.25) is 0 Å². The van der Waals surface area contributed by atoms with E-state index < -0.39 is 5.41 Å². The van der Waals surface area contributed by atoms with Gasteiger partial charge in [-0.05, 0) is 51.8 Å². The minimum absolute atomic E-state index is 0.244. The maximum Gasteiger partial charge on any atom is 0.232 e. The lowest BCUT2D eigenvalue weighted by atomic mass is 9.80. The Morgan fingerprint density at radius 3 is 2.65 bits per heavy atom. The minimum Gasteiger partial charge on any atom is -0.341 e. The normalized spacial score (nSPS) is 16.9. The molecule has 1 amide bonds. The number of rotatable bonds is 2. The third kappa shape index (κ3) is 3.04. The largest absolute Gasteiger partial charge is 0.341 e. The van der Waals surface area contributed by atoms with Gasteiger partial charge in [-0.15, -0.1) is 0 Å². The number of benzene rings is 1. The first kappa shape index (κ1) is 15.0. The van der Waals surface area contributed by atoms with Crippen molar-refractivity contribution in [3.63, 3.8) is 0 Å². The first-order valence-corrected chi connectivity index (χ1v) is 7.51. The lowest BCUT2D eigenvalue weighted by molar-refractivity contribution is -0.136. The van der Waals surface area contributed by atoms with Crippen LogP contribution in [-0.2, 0) is 10.2 Å². The fourth-order valence-corrected chi connectivity index (χ4v) is 3.07. The lowest BCUT2D eigenvalue weighted by Gasteiger charge is -2.32. The highest BCUT2D eigenvalue weighted by molar-refractivity contribution is 5.87. The van der Waals surface area contributed by atoms with Crippen molar-refractivity contribution in [3.05, 3.63) is 34.9 Å².